The Balaban J connectivity index is 1.77. The van der Waals surface area contributed by atoms with E-state index in [1.165, 1.54) is 17.4 Å². The molecule has 0 spiro atoms. The third-order valence-electron chi connectivity index (χ3n) is 3.73. The maximum absolute atomic E-state index is 12.4. The van der Waals surface area contributed by atoms with Crippen LogP contribution in [0.25, 0.3) is 10.4 Å². The smallest absolute Gasteiger partial charge is 0.341 e. The molecule has 3 rings (SSSR count). The molecule has 0 atom stereocenters. The van der Waals surface area contributed by atoms with Gasteiger partial charge in [0.15, 0.2) is 5.16 Å². The largest absolute Gasteiger partial charge is 0.462 e. The molecule has 0 radical (unpaired) electrons. The first kappa shape index (κ1) is 20.8. The summed E-state index contributed by atoms with van der Waals surface area (Å²) in [4.78, 5) is 43.9. The number of ether oxygens (including phenoxy) is 1. The van der Waals surface area contributed by atoms with Crippen molar-refractivity contribution in [2.45, 2.75) is 19.0 Å². The van der Waals surface area contributed by atoms with Gasteiger partial charge in [0.25, 0.3) is 5.56 Å². The summed E-state index contributed by atoms with van der Waals surface area (Å²) in [6.45, 7) is 3.68. The number of aromatic nitrogens is 2. The van der Waals surface area contributed by atoms with Gasteiger partial charge in [0.1, 0.15) is 5.00 Å². The Morgan fingerprint density at radius 3 is 2.69 bits per heavy atom. The number of nitrogens with zero attached hydrogens (tertiary/aromatic N) is 1. The van der Waals surface area contributed by atoms with E-state index in [1.807, 2.05) is 30.3 Å². The highest BCUT2D eigenvalue weighted by atomic mass is 32.2. The van der Waals surface area contributed by atoms with Crippen LogP contribution in [-0.4, -0.2) is 34.2 Å². The molecule has 9 heteroatoms. The maximum atomic E-state index is 12.4. The first-order chi connectivity index (χ1) is 14.0. The van der Waals surface area contributed by atoms with Crippen LogP contribution >= 0.6 is 23.1 Å². The van der Waals surface area contributed by atoms with Crippen molar-refractivity contribution >= 4 is 40.0 Å². The minimum absolute atomic E-state index is 0.0349. The minimum Gasteiger partial charge on any atom is -0.462 e. The number of thioether (sulfide) groups is 1. The number of benzene rings is 1. The van der Waals surface area contributed by atoms with Gasteiger partial charge in [0.2, 0.25) is 5.91 Å². The Morgan fingerprint density at radius 1 is 1.24 bits per heavy atom. The minimum atomic E-state index is -0.487. The number of aryl methyl sites for hydroxylation is 1. The number of esters is 1. The van der Waals surface area contributed by atoms with Gasteiger partial charge in [0.05, 0.1) is 17.9 Å². The van der Waals surface area contributed by atoms with E-state index in [4.69, 9.17) is 4.74 Å². The van der Waals surface area contributed by atoms with Crippen molar-refractivity contribution in [3.05, 3.63) is 64.1 Å². The zero-order valence-electron chi connectivity index (χ0n) is 15.9. The molecule has 0 aliphatic heterocycles. The van der Waals surface area contributed by atoms with Crippen molar-refractivity contribution in [1.82, 2.24) is 9.97 Å². The first-order valence-corrected chi connectivity index (χ1v) is 10.6. The predicted molar refractivity (Wildman–Crippen MR) is 115 cm³/mol. The number of anilines is 1. The van der Waals surface area contributed by atoms with E-state index < -0.39 is 5.97 Å². The molecule has 0 aliphatic rings. The molecule has 7 nitrogen and oxygen atoms in total. The molecule has 0 saturated heterocycles. The van der Waals surface area contributed by atoms with Crippen molar-refractivity contribution in [1.29, 1.82) is 0 Å². The summed E-state index contributed by atoms with van der Waals surface area (Å²) in [6, 6.07) is 12.7. The SMILES string of the molecule is CCOC(=O)c1cc(-c2ccccc2)sc1NC(=O)CSc1nc(C)cc(=O)[nH]1. The van der Waals surface area contributed by atoms with Crippen molar-refractivity contribution in [2.75, 3.05) is 17.7 Å². The lowest BCUT2D eigenvalue weighted by atomic mass is 10.1. The Bertz CT molecular complexity index is 1080. The summed E-state index contributed by atoms with van der Waals surface area (Å²) in [6.07, 6.45) is 0. The third-order valence-corrected chi connectivity index (χ3v) is 5.70. The fourth-order valence-electron chi connectivity index (χ4n) is 2.51. The second kappa shape index (κ2) is 9.53. The van der Waals surface area contributed by atoms with Gasteiger partial charge in [-0.2, -0.15) is 0 Å². The summed E-state index contributed by atoms with van der Waals surface area (Å²) in [5, 5.41) is 3.57. The normalized spacial score (nSPS) is 10.6. The molecule has 2 aromatic heterocycles. The van der Waals surface area contributed by atoms with Crippen LogP contribution < -0.4 is 10.9 Å². The van der Waals surface area contributed by atoms with Crippen LogP contribution in [0.1, 0.15) is 23.0 Å². The second-order valence-corrected chi connectivity index (χ2v) is 7.98. The van der Waals surface area contributed by atoms with Gasteiger partial charge in [-0.05, 0) is 25.5 Å². The Morgan fingerprint density at radius 2 is 2.00 bits per heavy atom. The average molecular weight is 430 g/mol. The zero-order chi connectivity index (χ0) is 20.8. The molecule has 0 fully saturated rings. The molecular weight excluding hydrogens is 410 g/mol. The van der Waals surface area contributed by atoms with E-state index >= 15 is 0 Å². The molecule has 0 saturated carbocycles. The third kappa shape index (κ3) is 5.55. The van der Waals surface area contributed by atoms with E-state index in [9.17, 15) is 14.4 Å². The Labute approximate surface area is 175 Å². The fourth-order valence-corrected chi connectivity index (χ4v) is 4.29. The lowest BCUT2D eigenvalue weighted by Gasteiger charge is -2.06. The molecule has 0 bridgehead atoms. The first-order valence-electron chi connectivity index (χ1n) is 8.83. The molecule has 29 heavy (non-hydrogen) atoms. The predicted octanol–water partition coefficient (Wildman–Crippen LogP) is 3.71. The molecule has 3 aromatic rings. The van der Waals surface area contributed by atoms with Crippen LogP contribution in [0.2, 0.25) is 0 Å². The maximum Gasteiger partial charge on any atom is 0.341 e. The number of carbonyl (C=O) groups excluding carboxylic acids is 2. The van der Waals surface area contributed by atoms with Gasteiger partial charge in [-0.15, -0.1) is 11.3 Å². The standard InChI is InChI=1S/C20H19N3O4S2/c1-3-27-19(26)14-10-15(13-7-5-4-6-8-13)29-18(14)22-17(25)11-28-20-21-12(2)9-16(24)23-20/h4-10H,3,11H2,1-2H3,(H,22,25)(H,21,23,24). The van der Waals surface area contributed by atoms with Gasteiger partial charge < -0.3 is 15.0 Å². The number of amides is 1. The lowest BCUT2D eigenvalue weighted by Crippen LogP contribution is -2.17. The topological polar surface area (TPSA) is 101 Å². The van der Waals surface area contributed by atoms with Crippen LogP contribution in [0, 0.1) is 6.92 Å². The van der Waals surface area contributed by atoms with Crippen LogP contribution in [0.4, 0.5) is 5.00 Å². The van der Waals surface area contributed by atoms with E-state index in [-0.39, 0.29) is 23.8 Å². The molecule has 0 unspecified atom stereocenters. The average Bonchev–Trinajstić information content (AvgIpc) is 3.10. The van der Waals surface area contributed by atoms with Crippen molar-refractivity contribution in [2.24, 2.45) is 0 Å². The summed E-state index contributed by atoms with van der Waals surface area (Å²) in [5.74, 6) is -0.766. The molecular formula is C20H19N3O4S2. The van der Waals surface area contributed by atoms with Gasteiger partial charge in [-0.3, -0.25) is 9.59 Å². The molecule has 1 amide bonds. The highest BCUT2D eigenvalue weighted by Gasteiger charge is 2.20. The number of hydrogen-bond acceptors (Lipinski definition) is 7. The van der Waals surface area contributed by atoms with Crippen molar-refractivity contribution < 1.29 is 14.3 Å². The van der Waals surface area contributed by atoms with E-state index in [2.05, 4.69) is 15.3 Å². The van der Waals surface area contributed by atoms with E-state index in [0.717, 1.165) is 22.2 Å². The lowest BCUT2D eigenvalue weighted by molar-refractivity contribution is -0.113. The summed E-state index contributed by atoms with van der Waals surface area (Å²) in [5.41, 5.74) is 1.57. The molecule has 150 valence electrons. The summed E-state index contributed by atoms with van der Waals surface area (Å²) in [7, 11) is 0. The summed E-state index contributed by atoms with van der Waals surface area (Å²) >= 11 is 2.42. The molecule has 2 heterocycles. The number of rotatable bonds is 7. The van der Waals surface area contributed by atoms with Crippen LogP contribution in [0.5, 0.6) is 0 Å². The van der Waals surface area contributed by atoms with Crippen molar-refractivity contribution in [3.8, 4) is 10.4 Å². The number of nitrogens with one attached hydrogen (secondary N) is 2. The van der Waals surface area contributed by atoms with Crippen LogP contribution in [-0.2, 0) is 9.53 Å². The zero-order valence-corrected chi connectivity index (χ0v) is 17.5. The van der Waals surface area contributed by atoms with Gasteiger partial charge >= 0.3 is 5.97 Å². The quantitative estimate of drug-likeness (QED) is 0.337. The monoisotopic (exact) mass is 429 g/mol. The summed E-state index contributed by atoms with van der Waals surface area (Å²) < 4.78 is 5.12. The molecule has 1 aromatic carbocycles. The Hall–Kier alpha value is -2.91. The number of thiophene rings is 1. The van der Waals surface area contributed by atoms with Crippen LogP contribution in [0.15, 0.2) is 52.4 Å². The second-order valence-electron chi connectivity index (χ2n) is 5.97. The van der Waals surface area contributed by atoms with Gasteiger partial charge in [-0.1, -0.05) is 42.1 Å². The fraction of sp³-hybridized carbons (Fsp3) is 0.200. The van der Waals surface area contributed by atoms with Gasteiger partial charge in [0, 0.05) is 16.6 Å². The van der Waals surface area contributed by atoms with E-state index in [1.54, 1.807) is 19.9 Å². The van der Waals surface area contributed by atoms with E-state index in [0.29, 0.717) is 21.4 Å². The van der Waals surface area contributed by atoms with Crippen molar-refractivity contribution in [3.63, 3.8) is 0 Å². The number of carbonyl (C=O) groups is 2. The number of H-pyrrole nitrogens is 1. The molecule has 0 aliphatic carbocycles. The molecule has 2 N–H and O–H groups in total. The Kier molecular flexibility index (Phi) is 6.84. The number of hydrogen-bond donors (Lipinski definition) is 2. The van der Waals surface area contributed by atoms with Crippen LogP contribution in [0.3, 0.4) is 0 Å². The van der Waals surface area contributed by atoms with Gasteiger partial charge in [-0.25, -0.2) is 9.78 Å². The highest BCUT2D eigenvalue weighted by Crippen LogP contribution is 2.36. The number of aromatic amines is 1. The highest BCUT2D eigenvalue weighted by molar-refractivity contribution is 7.99.